The molecule has 1 N–H and O–H groups in total. The Labute approximate surface area is 114 Å². The van der Waals surface area contributed by atoms with Crippen LogP contribution in [0.1, 0.15) is 12.8 Å². The van der Waals surface area contributed by atoms with Crippen molar-refractivity contribution in [3.63, 3.8) is 0 Å². The summed E-state index contributed by atoms with van der Waals surface area (Å²) in [6.07, 6.45) is 1.54. The van der Waals surface area contributed by atoms with Gasteiger partial charge in [0.1, 0.15) is 0 Å². The van der Waals surface area contributed by atoms with Gasteiger partial charge in [0.2, 0.25) is 0 Å². The van der Waals surface area contributed by atoms with Crippen molar-refractivity contribution in [3.05, 3.63) is 27.7 Å². The van der Waals surface area contributed by atoms with E-state index in [0.29, 0.717) is 9.50 Å². The van der Waals surface area contributed by atoms with E-state index < -0.39 is 15.3 Å². The minimum atomic E-state index is -3.37. The summed E-state index contributed by atoms with van der Waals surface area (Å²) in [4.78, 5) is 0.213. The highest BCUT2D eigenvalue weighted by Crippen LogP contribution is 2.47. The molecule has 0 aliphatic heterocycles. The van der Waals surface area contributed by atoms with Gasteiger partial charge in [0, 0.05) is 16.5 Å². The Kier molecular flexibility index (Phi) is 3.56. The van der Waals surface area contributed by atoms with E-state index in [1.165, 1.54) is 12.1 Å². The van der Waals surface area contributed by atoms with E-state index >= 15 is 0 Å². The van der Waals surface area contributed by atoms with Crippen LogP contribution in [0.2, 0.25) is 5.02 Å². The fourth-order valence-electron chi connectivity index (χ4n) is 1.68. The Bertz CT molecular complexity index is 538. The van der Waals surface area contributed by atoms with Crippen molar-refractivity contribution in [3.8, 4) is 0 Å². The maximum atomic E-state index is 12.1. The summed E-state index contributed by atoms with van der Waals surface area (Å²) in [5, 5.41) is 9.54. The number of benzene rings is 1. The number of aliphatic hydroxyl groups is 1. The second-order valence-corrected chi connectivity index (χ2v) is 7.74. The molecule has 0 bridgehead atoms. The molecule has 1 fully saturated rings. The van der Waals surface area contributed by atoms with Crippen LogP contribution in [-0.4, -0.2) is 25.9 Å². The molecule has 0 amide bonds. The molecule has 6 heteroatoms. The van der Waals surface area contributed by atoms with Gasteiger partial charge in [-0.3, -0.25) is 0 Å². The summed E-state index contributed by atoms with van der Waals surface area (Å²) < 4.78 is 24.9. The Balaban J connectivity index is 2.29. The van der Waals surface area contributed by atoms with E-state index in [1.54, 1.807) is 6.07 Å². The van der Waals surface area contributed by atoms with Crippen LogP contribution >= 0.6 is 27.5 Å². The first-order valence-corrected chi connectivity index (χ1v) is 8.00. The lowest BCUT2D eigenvalue weighted by molar-refractivity contribution is 0.226. The molecule has 1 aliphatic carbocycles. The van der Waals surface area contributed by atoms with Crippen molar-refractivity contribution >= 4 is 37.4 Å². The molecule has 1 aromatic carbocycles. The van der Waals surface area contributed by atoms with E-state index in [2.05, 4.69) is 15.9 Å². The molecule has 0 atom stereocenters. The van der Waals surface area contributed by atoms with Crippen molar-refractivity contribution in [2.45, 2.75) is 17.7 Å². The SMILES string of the molecule is O=S(=O)(CC1(CO)CC1)c1ccc(Br)c(Cl)c1. The maximum absolute atomic E-state index is 12.1. The van der Waals surface area contributed by atoms with Gasteiger partial charge in [-0.05, 0) is 47.0 Å². The lowest BCUT2D eigenvalue weighted by Crippen LogP contribution is -2.20. The predicted octanol–water partition coefficient (Wildman–Crippen LogP) is 2.65. The van der Waals surface area contributed by atoms with Gasteiger partial charge in [-0.1, -0.05) is 11.6 Å². The fraction of sp³-hybridized carbons (Fsp3) is 0.455. The summed E-state index contributed by atoms with van der Waals surface area (Å²) in [5.74, 6) is -0.00549. The average Bonchev–Trinajstić information content (AvgIpc) is 3.02. The molecule has 0 heterocycles. The van der Waals surface area contributed by atoms with Crippen molar-refractivity contribution in [1.29, 1.82) is 0 Å². The monoisotopic (exact) mass is 338 g/mol. The first-order chi connectivity index (χ1) is 7.88. The molecule has 2 rings (SSSR count). The van der Waals surface area contributed by atoms with Gasteiger partial charge in [0.05, 0.1) is 15.7 Å². The van der Waals surface area contributed by atoms with Crippen LogP contribution in [0.4, 0.5) is 0 Å². The van der Waals surface area contributed by atoms with E-state index in [-0.39, 0.29) is 17.3 Å². The Morgan fingerprint density at radius 3 is 2.53 bits per heavy atom. The topological polar surface area (TPSA) is 54.4 Å². The third-order valence-corrected chi connectivity index (χ3v) is 6.24. The zero-order chi connectivity index (χ0) is 12.7. The molecule has 0 aromatic heterocycles. The van der Waals surface area contributed by atoms with E-state index in [0.717, 1.165) is 12.8 Å². The first-order valence-electron chi connectivity index (χ1n) is 5.17. The quantitative estimate of drug-likeness (QED) is 0.917. The highest BCUT2D eigenvalue weighted by Gasteiger charge is 2.45. The van der Waals surface area contributed by atoms with Crippen LogP contribution in [0.15, 0.2) is 27.6 Å². The lowest BCUT2D eigenvalue weighted by Gasteiger charge is -2.12. The van der Waals surface area contributed by atoms with Gasteiger partial charge in [0.15, 0.2) is 9.84 Å². The van der Waals surface area contributed by atoms with Crippen molar-refractivity contribution in [2.75, 3.05) is 12.4 Å². The summed E-state index contributed by atoms with van der Waals surface area (Å²) in [5.41, 5.74) is -0.418. The largest absolute Gasteiger partial charge is 0.396 e. The minimum Gasteiger partial charge on any atom is -0.396 e. The first kappa shape index (κ1) is 13.3. The summed E-state index contributed by atoms with van der Waals surface area (Å²) >= 11 is 9.10. The molecular weight excluding hydrogens is 328 g/mol. The normalized spacial score (nSPS) is 18.1. The highest BCUT2D eigenvalue weighted by molar-refractivity contribution is 9.10. The molecule has 0 spiro atoms. The number of halogens is 2. The van der Waals surface area contributed by atoms with Gasteiger partial charge >= 0.3 is 0 Å². The third kappa shape index (κ3) is 2.84. The molecule has 1 saturated carbocycles. The molecule has 0 radical (unpaired) electrons. The zero-order valence-electron chi connectivity index (χ0n) is 8.99. The Morgan fingerprint density at radius 1 is 1.41 bits per heavy atom. The van der Waals surface area contributed by atoms with Gasteiger partial charge < -0.3 is 5.11 Å². The minimum absolute atomic E-state index is 0.00549. The van der Waals surface area contributed by atoms with E-state index in [1.807, 2.05) is 0 Å². The van der Waals surface area contributed by atoms with Gasteiger partial charge in [-0.25, -0.2) is 8.42 Å². The second kappa shape index (κ2) is 4.53. The van der Waals surface area contributed by atoms with Crippen LogP contribution in [-0.2, 0) is 9.84 Å². The standard InChI is InChI=1S/C11H12BrClO3S/c12-9-2-1-8(5-10(9)13)17(15,16)7-11(6-14)3-4-11/h1-2,5,14H,3-4,6-7H2. The molecule has 17 heavy (non-hydrogen) atoms. The van der Waals surface area contributed by atoms with Crippen LogP contribution in [0.5, 0.6) is 0 Å². The molecule has 0 saturated heterocycles. The fourth-order valence-corrected chi connectivity index (χ4v) is 4.10. The lowest BCUT2D eigenvalue weighted by atomic mass is 10.2. The predicted molar refractivity (Wildman–Crippen MR) is 70.0 cm³/mol. The molecule has 94 valence electrons. The van der Waals surface area contributed by atoms with Crippen molar-refractivity contribution in [1.82, 2.24) is 0 Å². The summed E-state index contributed by atoms with van der Waals surface area (Å²) in [6, 6.07) is 4.58. The number of aliphatic hydroxyl groups excluding tert-OH is 1. The highest BCUT2D eigenvalue weighted by atomic mass is 79.9. The molecular formula is C11H12BrClO3S. The van der Waals surface area contributed by atoms with E-state index in [4.69, 9.17) is 16.7 Å². The molecule has 0 unspecified atom stereocenters. The zero-order valence-corrected chi connectivity index (χ0v) is 12.1. The second-order valence-electron chi connectivity index (χ2n) is 4.49. The number of rotatable bonds is 4. The Morgan fingerprint density at radius 2 is 2.06 bits per heavy atom. The molecule has 3 nitrogen and oxygen atoms in total. The average molecular weight is 340 g/mol. The number of hydrogen-bond acceptors (Lipinski definition) is 3. The van der Waals surface area contributed by atoms with Gasteiger partial charge in [0.25, 0.3) is 0 Å². The van der Waals surface area contributed by atoms with Gasteiger partial charge in [-0.15, -0.1) is 0 Å². The van der Waals surface area contributed by atoms with Crippen LogP contribution in [0.25, 0.3) is 0 Å². The third-order valence-electron chi connectivity index (χ3n) is 3.04. The van der Waals surface area contributed by atoms with Crippen molar-refractivity contribution in [2.24, 2.45) is 5.41 Å². The number of sulfone groups is 1. The van der Waals surface area contributed by atoms with Gasteiger partial charge in [-0.2, -0.15) is 0 Å². The van der Waals surface area contributed by atoms with E-state index in [9.17, 15) is 8.42 Å². The Hall–Kier alpha value is -0.100. The van der Waals surface area contributed by atoms with Crippen LogP contribution in [0.3, 0.4) is 0 Å². The smallest absolute Gasteiger partial charge is 0.179 e. The van der Waals surface area contributed by atoms with Crippen LogP contribution in [0, 0.1) is 5.41 Å². The number of hydrogen-bond donors (Lipinski definition) is 1. The van der Waals surface area contributed by atoms with Crippen LogP contribution < -0.4 is 0 Å². The maximum Gasteiger partial charge on any atom is 0.179 e. The summed E-state index contributed by atoms with van der Waals surface area (Å²) in [7, 11) is -3.37. The molecule has 1 aromatic rings. The van der Waals surface area contributed by atoms with Crippen molar-refractivity contribution < 1.29 is 13.5 Å². The summed E-state index contributed by atoms with van der Waals surface area (Å²) in [6.45, 7) is -0.0729. The molecule has 1 aliphatic rings.